The molecule has 0 heterocycles. The van der Waals surface area contributed by atoms with Gasteiger partial charge in [-0.2, -0.15) is 11.8 Å². The van der Waals surface area contributed by atoms with Gasteiger partial charge >= 0.3 is 0 Å². The van der Waals surface area contributed by atoms with E-state index in [0.717, 1.165) is 12.3 Å². The summed E-state index contributed by atoms with van der Waals surface area (Å²) >= 11 is 2.02. The molecule has 0 saturated carbocycles. The highest BCUT2D eigenvalue weighted by atomic mass is 32.2. The minimum Gasteiger partial charge on any atom is -0.385 e. The fraction of sp³-hybridized carbons (Fsp3) is 0.333. The summed E-state index contributed by atoms with van der Waals surface area (Å²) in [7, 11) is 0. The number of rotatable bonds is 7. The smallest absolute Gasteiger partial charge is 0.0340 e. The number of hydrogen-bond acceptors (Lipinski definition) is 2. The standard InChI is InChI=1S/C18H23NS/c1-15-11-16(2)13-17(12-15)14-20-10-6-9-19-18-7-4-3-5-8-18/h3-5,7-8,11-13,19H,6,9-10,14H2,1-2H3. The third-order valence-electron chi connectivity index (χ3n) is 3.12. The van der Waals surface area contributed by atoms with Crippen LogP contribution in [0.3, 0.4) is 0 Å². The number of benzene rings is 2. The summed E-state index contributed by atoms with van der Waals surface area (Å²) in [6, 6.07) is 17.2. The lowest BCUT2D eigenvalue weighted by Gasteiger charge is -2.07. The van der Waals surface area contributed by atoms with E-state index in [4.69, 9.17) is 0 Å². The molecule has 0 fully saturated rings. The SMILES string of the molecule is Cc1cc(C)cc(CSCCCNc2ccccc2)c1. The summed E-state index contributed by atoms with van der Waals surface area (Å²) in [5, 5.41) is 3.45. The molecule has 0 spiro atoms. The average molecular weight is 285 g/mol. The second kappa shape index (κ2) is 8.01. The highest BCUT2D eigenvalue weighted by Gasteiger charge is 1.97. The van der Waals surface area contributed by atoms with Crippen molar-refractivity contribution >= 4 is 17.4 Å². The van der Waals surface area contributed by atoms with Crippen molar-refractivity contribution in [3.05, 3.63) is 65.2 Å². The fourth-order valence-electron chi connectivity index (χ4n) is 2.31. The first kappa shape index (κ1) is 15.0. The van der Waals surface area contributed by atoms with Crippen LogP contribution in [-0.2, 0) is 5.75 Å². The summed E-state index contributed by atoms with van der Waals surface area (Å²) < 4.78 is 0. The van der Waals surface area contributed by atoms with E-state index >= 15 is 0 Å². The first-order chi connectivity index (χ1) is 9.74. The van der Waals surface area contributed by atoms with E-state index in [0.29, 0.717) is 0 Å². The summed E-state index contributed by atoms with van der Waals surface area (Å²) in [5.41, 5.74) is 5.40. The zero-order valence-electron chi connectivity index (χ0n) is 12.4. The van der Waals surface area contributed by atoms with Crippen LogP contribution in [0, 0.1) is 13.8 Å². The van der Waals surface area contributed by atoms with Gasteiger partial charge in [0, 0.05) is 18.0 Å². The number of aryl methyl sites for hydroxylation is 2. The van der Waals surface area contributed by atoms with Crippen molar-refractivity contribution in [1.82, 2.24) is 0 Å². The van der Waals surface area contributed by atoms with Gasteiger partial charge in [0.05, 0.1) is 0 Å². The van der Waals surface area contributed by atoms with Gasteiger partial charge in [-0.15, -0.1) is 0 Å². The molecule has 2 aromatic rings. The van der Waals surface area contributed by atoms with Gasteiger partial charge in [0.2, 0.25) is 0 Å². The van der Waals surface area contributed by atoms with Crippen LogP contribution in [0.5, 0.6) is 0 Å². The van der Waals surface area contributed by atoms with Crippen LogP contribution in [0.4, 0.5) is 5.69 Å². The van der Waals surface area contributed by atoms with Crippen LogP contribution in [0.2, 0.25) is 0 Å². The Morgan fingerprint density at radius 3 is 2.35 bits per heavy atom. The van der Waals surface area contributed by atoms with Gasteiger partial charge < -0.3 is 5.32 Å². The Bertz CT molecular complexity index is 502. The summed E-state index contributed by atoms with van der Waals surface area (Å²) in [4.78, 5) is 0. The van der Waals surface area contributed by atoms with E-state index in [2.05, 4.69) is 61.6 Å². The van der Waals surface area contributed by atoms with Crippen LogP contribution in [0.25, 0.3) is 0 Å². The van der Waals surface area contributed by atoms with Gasteiger partial charge in [0.15, 0.2) is 0 Å². The third kappa shape index (κ3) is 5.30. The molecule has 0 aliphatic carbocycles. The average Bonchev–Trinajstić information content (AvgIpc) is 2.43. The van der Waals surface area contributed by atoms with Crippen LogP contribution in [0.1, 0.15) is 23.1 Å². The maximum atomic E-state index is 3.45. The molecule has 2 aromatic carbocycles. The predicted molar refractivity (Wildman–Crippen MR) is 91.6 cm³/mol. The quantitative estimate of drug-likeness (QED) is 0.715. The molecule has 1 nitrogen and oxygen atoms in total. The monoisotopic (exact) mass is 285 g/mol. The lowest BCUT2D eigenvalue weighted by molar-refractivity contribution is 0.991. The normalized spacial score (nSPS) is 10.5. The van der Waals surface area contributed by atoms with Crippen molar-refractivity contribution in [2.75, 3.05) is 17.6 Å². The van der Waals surface area contributed by atoms with Gasteiger partial charge in [0.25, 0.3) is 0 Å². The van der Waals surface area contributed by atoms with Crippen molar-refractivity contribution in [3.63, 3.8) is 0 Å². The maximum Gasteiger partial charge on any atom is 0.0340 e. The highest BCUT2D eigenvalue weighted by molar-refractivity contribution is 7.98. The van der Waals surface area contributed by atoms with Crippen molar-refractivity contribution in [2.24, 2.45) is 0 Å². The van der Waals surface area contributed by atoms with Crippen LogP contribution < -0.4 is 5.32 Å². The van der Waals surface area contributed by atoms with Gasteiger partial charge in [-0.05, 0) is 43.7 Å². The highest BCUT2D eigenvalue weighted by Crippen LogP contribution is 2.16. The summed E-state index contributed by atoms with van der Waals surface area (Å²) in [6.07, 6.45) is 1.20. The molecular formula is C18H23NS. The predicted octanol–water partition coefficient (Wildman–Crippen LogP) is 5.04. The third-order valence-corrected chi connectivity index (χ3v) is 4.23. The van der Waals surface area contributed by atoms with E-state index < -0.39 is 0 Å². The molecule has 0 radical (unpaired) electrons. The van der Waals surface area contributed by atoms with E-state index in [1.807, 2.05) is 17.8 Å². The number of hydrogen-bond donors (Lipinski definition) is 1. The zero-order chi connectivity index (χ0) is 14.2. The molecule has 0 atom stereocenters. The second-order valence-electron chi connectivity index (χ2n) is 5.19. The minimum atomic E-state index is 1.05. The van der Waals surface area contributed by atoms with Crippen molar-refractivity contribution in [1.29, 1.82) is 0 Å². The molecule has 0 bridgehead atoms. The molecule has 1 N–H and O–H groups in total. The number of thioether (sulfide) groups is 1. The van der Waals surface area contributed by atoms with Gasteiger partial charge in [-0.1, -0.05) is 47.5 Å². The molecule has 0 aliphatic rings. The number of para-hydroxylation sites is 1. The molecule has 2 rings (SSSR count). The molecule has 0 aliphatic heterocycles. The van der Waals surface area contributed by atoms with Crippen LogP contribution in [-0.4, -0.2) is 12.3 Å². The maximum absolute atomic E-state index is 3.45. The molecule has 0 unspecified atom stereocenters. The van der Waals surface area contributed by atoms with Crippen molar-refractivity contribution in [2.45, 2.75) is 26.0 Å². The second-order valence-corrected chi connectivity index (χ2v) is 6.30. The first-order valence-corrected chi connectivity index (χ1v) is 8.33. The van der Waals surface area contributed by atoms with Crippen molar-refractivity contribution < 1.29 is 0 Å². The van der Waals surface area contributed by atoms with Crippen LogP contribution in [0.15, 0.2) is 48.5 Å². The first-order valence-electron chi connectivity index (χ1n) is 7.18. The Labute approximate surface area is 126 Å². The zero-order valence-corrected chi connectivity index (χ0v) is 13.2. The molecule has 20 heavy (non-hydrogen) atoms. The number of nitrogens with one attached hydrogen (secondary N) is 1. The topological polar surface area (TPSA) is 12.0 Å². The fourth-order valence-corrected chi connectivity index (χ4v) is 3.20. The molecule has 0 saturated heterocycles. The van der Waals surface area contributed by atoms with Gasteiger partial charge in [-0.25, -0.2) is 0 Å². The largest absolute Gasteiger partial charge is 0.385 e. The number of anilines is 1. The molecule has 0 amide bonds. The molecule has 106 valence electrons. The van der Waals surface area contributed by atoms with Crippen molar-refractivity contribution in [3.8, 4) is 0 Å². The van der Waals surface area contributed by atoms with Gasteiger partial charge in [0.1, 0.15) is 0 Å². The van der Waals surface area contributed by atoms with Crippen LogP contribution >= 0.6 is 11.8 Å². The summed E-state index contributed by atoms with van der Waals surface area (Å²) in [6.45, 7) is 5.39. The molecular weight excluding hydrogens is 262 g/mol. The summed E-state index contributed by atoms with van der Waals surface area (Å²) in [5.74, 6) is 2.32. The molecule has 2 heteroatoms. The lowest BCUT2D eigenvalue weighted by Crippen LogP contribution is -2.02. The Hall–Kier alpha value is -1.41. The Morgan fingerprint density at radius 1 is 0.950 bits per heavy atom. The Morgan fingerprint density at radius 2 is 1.65 bits per heavy atom. The van der Waals surface area contributed by atoms with E-state index in [9.17, 15) is 0 Å². The minimum absolute atomic E-state index is 1.05. The van der Waals surface area contributed by atoms with E-state index in [1.54, 1.807) is 0 Å². The van der Waals surface area contributed by atoms with E-state index in [1.165, 1.54) is 34.6 Å². The lowest BCUT2D eigenvalue weighted by atomic mass is 10.1. The Balaban J connectivity index is 1.62. The Kier molecular flexibility index (Phi) is 6.00. The van der Waals surface area contributed by atoms with E-state index in [-0.39, 0.29) is 0 Å². The molecule has 0 aromatic heterocycles. The van der Waals surface area contributed by atoms with Gasteiger partial charge in [-0.3, -0.25) is 0 Å².